The van der Waals surface area contributed by atoms with Crippen molar-refractivity contribution in [2.24, 2.45) is 4.99 Å². The van der Waals surface area contributed by atoms with Crippen LogP contribution in [0.25, 0.3) is 10.2 Å². The molecule has 1 aliphatic rings. The number of fused-ring (bicyclic) bond motifs is 2. The van der Waals surface area contributed by atoms with Gasteiger partial charge in [-0.3, -0.25) is 9.59 Å². The summed E-state index contributed by atoms with van der Waals surface area (Å²) in [5.74, 6) is -3.94. The lowest BCUT2D eigenvalue weighted by atomic mass is 10.1. The largest absolute Gasteiger partial charge is 0.462 e. The molecule has 1 aliphatic carbocycles. The van der Waals surface area contributed by atoms with Gasteiger partial charge in [0.25, 0.3) is 5.91 Å². The number of hydrogen-bond donors (Lipinski definition) is 1. The number of aromatic nitrogens is 1. The van der Waals surface area contributed by atoms with Gasteiger partial charge in [0.15, 0.2) is 14.6 Å². The Morgan fingerprint density at radius 2 is 1.84 bits per heavy atom. The highest BCUT2D eigenvalue weighted by Gasteiger charge is 2.28. The van der Waals surface area contributed by atoms with Gasteiger partial charge in [-0.1, -0.05) is 23.8 Å². The number of nitrogens with one attached hydrogen (secondary N) is 1. The van der Waals surface area contributed by atoms with Gasteiger partial charge in [0, 0.05) is 11.4 Å². The molecule has 204 valence electrons. The number of sulfone groups is 1. The molecule has 0 saturated carbocycles. The molecule has 1 aromatic carbocycles. The number of anilines is 1. The fourth-order valence-electron chi connectivity index (χ4n) is 4.56. The number of ether oxygens (including phenoxy) is 1. The number of carbonyl (C=O) groups excluding carboxylic acids is 3. The summed E-state index contributed by atoms with van der Waals surface area (Å²) in [4.78, 5) is 43.5. The summed E-state index contributed by atoms with van der Waals surface area (Å²) in [5.41, 5.74) is 3.18. The Morgan fingerprint density at radius 3 is 2.58 bits per heavy atom. The Balaban J connectivity index is 1.50. The van der Waals surface area contributed by atoms with Crippen LogP contribution in [0.15, 0.2) is 23.2 Å². The van der Waals surface area contributed by atoms with Crippen molar-refractivity contribution in [3.8, 4) is 0 Å². The van der Waals surface area contributed by atoms with E-state index in [1.807, 2.05) is 36.6 Å². The zero-order valence-corrected chi connectivity index (χ0v) is 24.1. The maximum absolute atomic E-state index is 12.8. The zero-order chi connectivity index (χ0) is 27.4. The van der Waals surface area contributed by atoms with Gasteiger partial charge in [0.1, 0.15) is 16.5 Å². The number of aryl methyl sites for hydroxylation is 3. The molecule has 38 heavy (non-hydrogen) atoms. The van der Waals surface area contributed by atoms with Gasteiger partial charge >= 0.3 is 5.97 Å². The van der Waals surface area contributed by atoms with Crippen molar-refractivity contribution < 1.29 is 27.5 Å². The molecule has 2 aromatic heterocycles. The van der Waals surface area contributed by atoms with E-state index in [9.17, 15) is 22.8 Å². The predicted molar refractivity (Wildman–Crippen MR) is 150 cm³/mol. The highest BCUT2D eigenvalue weighted by atomic mass is 32.2. The van der Waals surface area contributed by atoms with E-state index in [0.29, 0.717) is 28.3 Å². The topological polar surface area (TPSA) is 124 Å². The summed E-state index contributed by atoms with van der Waals surface area (Å²) >= 11 is 2.61. The van der Waals surface area contributed by atoms with Crippen molar-refractivity contribution >= 4 is 65.5 Å². The number of rotatable bonds is 8. The summed E-state index contributed by atoms with van der Waals surface area (Å²) in [5, 5.41) is 2.91. The lowest BCUT2D eigenvalue weighted by molar-refractivity contribution is -0.115. The second-order valence-electron chi connectivity index (χ2n) is 9.18. The van der Waals surface area contributed by atoms with Gasteiger partial charge in [0.05, 0.1) is 22.4 Å². The number of hydrogen-bond acceptors (Lipinski definition) is 8. The Labute approximate surface area is 229 Å². The van der Waals surface area contributed by atoms with Crippen LogP contribution in [0.4, 0.5) is 5.00 Å². The van der Waals surface area contributed by atoms with E-state index in [2.05, 4.69) is 10.3 Å². The molecule has 0 atom stereocenters. The average molecular weight is 578 g/mol. The minimum atomic E-state index is -4.10. The van der Waals surface area contributed by atoms with Gasteiger partial charge < -0.3 is 14.6 Å². The molecule has 0 saturated heterocycles. The molecule has 12 heteroatoms. The Kier molecular flexibility index (Phi) is 8.84. The summed E-state index contributed by atoms with van der Waals surface area (Å²) in [6, 6.07) is 5.91. The minimum Gasteiger partial charge on any atom is -0.462 e. The maximum Gasteiger partial charge on any atom is 0.341 e. The fraction of sp³-hybridized carbons (Fsp3) is 0.462. The first kappa shape index (κ1) is 28.2. The van der Waals surface area contributed by atoms with Crippen LogP contribution in [-0.2, 0) is 43.5 Å². The number of thiazole rings is 1. The van der Waals surface area contributed by atoms with Crippen LogP contribution in [0, 0.1) is 6.92 Å². The molecule has 0 spiro atoms. The zero-order valence-electron chi connectivity index (χ0n) is 21.7. The average Bonchev–Trinajstić information content (AvgIpc) is 3.24. The summed E-state index contributed by atoms with van der Waals surface area (Å²) in [7, 11) is -4.10. The van der Waals surface area contributed by atoms with Gasteiger partial charge in [-0.25, -0.2) is 13.2 Å². The third-order valence-corrected chi connectivity index (χ3v) is 9.86. The van der Waals surface area contributed by atoms with E-state index in [4.69, 9.17) is 4.74 Å². The monoisotopic (exact) mass is 577 g/mol. The quantitative estimate of drug-likeness (QED) is 0.319. The summed E-state index contributed by atoms with van der Waals surface area (Å²) < 4.78 is 33.5. The SMILES string of the molecule is CCOC(=O)c1c(NC(=O)CS(=O)(=O)CC(=O)N=c2sc3cc(C)ccc3n2CC)sc2c1CCCCC2. The second kappa shape index (κ2) is 11.9. The predicted octanol–water partition coefficient (Wildman–Crippen LogP) is 4.02. The third-order valence-electron chi connectivity index (χ3n) is 6.22. The number of nitrogens with zero attached hydrogens (tertiary/aromatic N) is 2. The van der Waals surface area contributed by atoms with Gasteiger partial charge in [-0.15, -0.1) is 11.3 Å². The molecule has 0 aliphatic heterocycles. The van der Waals surface area contributed by atoms with Crippen LogP contribution in [-0.4, -0.2) is 48.9 Å². The highest BCUT2D eigenvalue weighted by Crippen LogP contribution is 2.38. The van der Waals surface area contributed by atoms with Crippen molar-refractivity contribution in [1.29, 1.82) is 0 Å². The molecule has 0 fully saturated rings. The Morgan fingerprint density at radius 1 is 1.08 bits per heavy atom. The third kappa shape index (κ3) is 6.41. The first-order valence-electron chi connectivity index (χ1n) is 12.6. The van der Waals surface area contributed by atoms with E-state index >= 15 is 0 Å². The molecule has 9 nitrogen and oxygen atoms in total. The van der Waals surface area contributed by atoms with Crippen molar-refractivity contribution in [3.05, 3.63) is 44.6 Å². The second-order valence-corrected chi connectivity index (χ2v) is 13.4. The molecule has 3 aromatic rings. The lowest BCUT2D eigenvalue weighted by Crippen LogP contribution is -2.28. The standard InChI is InChI=1S/C26H31N3O6S3/c1-4-29-18-12-11-16(3)13-20(18)37-26(29)28-22(31)15-38(33,34)14-21(30)27-24-23(25(32)35-5-2)17-9-7-6-8-10-19(17)36-24/h11-13H,4-10,14-15H2,1-3H3,(H,27,30). The van der Waals surface area contributed by atoms with Crippen LogP contribution in [0.5, 0.6) is 0 Å². The molecule has 0 unspecified atom stereocenters. The fourth-order valence-corrected chi connectivity index (χ4v) is 8.08. The first-order valence-corrected chi connectivity index (χ1v) is 16.1. The van der Waals surface area contributed by atoms with Crippen molar-refractivity contribution in [2.45, 2.75) is 59.4 Å². The van der Waals surface area contributed by atoms with E-state index in [0.717, 1.165) is 51.9 Å². The van der Waals surface area contributed by atoms with Crippen molar-refractivity contribution in [3.63, 3.8) is 0 Å². The summed E-state index contributed by atoms with van der Waals surface area (Å²) in [6.45, 7) is 6.35. The first-order chi connectivity index (χ1) is 18.1. The molecular weight excluding hydrogens is 547 g/mol. The molecule has 2 heterocycles. The normalized spacial score (nSPS) is 14.2. The Hall–Kier alpha value is -2.83. The van der Waals surface area contributed by atoms with Crippen LogP contribution >= 0.6 is 22.7 Å². The van der Waals surface area contributed by atoms with Crippen LogP contribution < -0.4 is 10.1 Å². The minimum absolute atomic E-state index is 0.189. The number of carbonyl (C=O) groups is 3. The molecule has 2 amide bonds. The lowest BCUT2D eigenvalue weighted by Gasteiger charge is -2.08. The molecular formula is C26H31N3O6S3. The van der Waals surface area contributed by atoms with Crippen LogP contribution in [0.3, 0.4) is 0 Å². The van der Waals surface area contributed by atoms with Crippen molar-refractivity contribution in [1.82, 2.24) is 4.57 Å². The molecule has 0 bridgehead atoms. The molecule has 0 radical (unpaired) electrons. The van der Waals surface area contributed by atoms with Gasteiger partial charge in [0.2, 0.25) is 5.91 Å². The van der Waals surface area contributed by atoms with Crippen molar-refractivity contribution in [2.75, 3.05) is 23.4 Å². The number of thiophene rings is 1. The highest BCUT2D eigenvalue weighted by molar-refractivity contribution is 7.92. The number of esters is 1. The van der Waals surface area contributed by atoms with Gasteiger partial charge in [-0.05, 0) is 69.7 Å². The molecule has 4 rings (SSSR count). The van der Waals surface area contributed by atoms with E-state index < -0.39 is 39.1 Å². The van der Waals surface area contributed by atoms with E-state index in [1.165, 1.54) is 22.7 Å². The number of benzene rings is 1. The van der Waals surface area contributed by atoms with E-state index in [1.54, 1.807) is 6.92 Å². The summed E-state index contributed by atoms with van der Waals surface area (Å²) in [6.07, 6.45) is 4.48. The maximum atomic E-state index is 12.8. The smallest absolute Gasteiger partial charge is 0.341 e. The van der Waals surface area contributed by atoms with Gasteiger partial charge in [-0.2, -0.15) is 4.99 Å². The number of amides is 2. The van der Waals surface area contributed by atoms with Crippen LogP contribution in [0.1, 0.15) is 59.5 Å². The molecule has 1 N–H and O–H groups in total. The Bertz CT molecular complexity index is 1560. The van der Waals surface area contributed by atoms with Crippen LogP contribution in [0.2, 0.25) is 0 Å². The van der Waals surface area contributed by atoms with E-state index in [-0.39, 0.29) is 6.61 Å².